The minimum Gasteiger partial charge on any atom is -0.496 e. The van der Waals surface area contributed by atoms with Crippen molar-refractivity contribution >= 4 is 23.2 Å². The molecule has 0 radical (unpaired) electrons. The Morgan fingerprint density at radius 1 is 1.00 bits per heavy atom. The molecule has 0 fully saturated rings. The van der Waals surface area contributed by atoms with Gasteiger partial charge >= 0.3 is 0 Å². The van der Waals surface area contributed by atoms with Crippen molar-refractivity contribution in [2.45, 2.75) is 26.1 Å². The van der Waals surface area contributed by atoms with E-state index in [0.717, 1.165) is 33.6 Å². The van der Waals surface area contributed by atoms with Gasteiger partial charge in [0, 0.05) is 5.02 Å². The maximum absolute atomic E-state index is 6.60. The summed E-state index contributed by atoms with van der Waals surface area (Å²) in [5.74, 6) is 0.910. The van der Waals surface area contributed by atoms with Crippen LogP contribution in [0.15, 0.2) is 30.3 Å². The highest BCUT2D eigenvalue weighted by Crippen LogP contribution is 2.37. The van der Waals surface area contributed by atoms with E-state index in [2.05, 4.69) is 12.1 Å². The second-order valence-electron chi connectivity index (χ2n) is 5.08. The SMILES string of the molecule is COc1c(C)cc(C(Cl)c2ccc(C)cc2Cl)cc1C. The minimum atomic E-state index is -0.258. The van der Waals surface area contributed by atoms with E-state index in [0.29, 0.717) is 5.02 Å². The Labute approximate surface area is 130 Å². The number of rotatable bonds is 3. The average molecular weight is 309 g/mol. The zero-order valence-electron chi connectivity index (χ0n) is 12.1. The van der Waals surface area contributed by atoms with Crippen molar-refractivity contribution in [1.29, 1.82) is 0 Å². The lowest BCUT2D eigenvalue weighted by molar-refractivity contribution is 0.408. The Hall–Kier alpha value is -1.18. The molecular weight excluding hydrogens is 291 g/mol. The predicted octanol–water partition coefficient (Wildman–Crippen LogP) is 5.60. The van der Waals surface area contributed by atoms with Crippen LogP contribution in [0, 0.1) is 20.8 Å². The molecule has 0 aliphatic carbocycles. The number of hydrogen-bond donors (Lipinski definition) is 0. The number of benzene rings is 2. The molecule has 2 aromatic carbocycles. The molecule has 0 aliphatic rings. The maximum atomic E-state index is 6.60. The summed E-state index contributed by atoms with van der Waals surface area (Å²) in [6.45, 7) is 6.06. The van der Waals surface area contributed by atoms with Crippen LogP contribution in [0.1, 0.15) is 33.2 Å². The summed E-state index contributed by atoms with van der Waals surface area (Å²) in [5, 5.41) is 0.447. The first kappa shape index (κ1) is 15.2. The van der Waals surface area contributed by atoms with Crippen molar-refractivity contribution in [2.24, 2.45) is 0 Å². The minimum absolute atomic E-state index is 0.258. The number of ether oxygens (including phenoxy) is 1. The molecule has 20 heavy (non-hydrogen) atoms. The molecule has 0 saturated carbocycles. The van der Waals surface area contributed by atoms with Crippen LogP contribution < -0.4 is 4.74 Å². The van der Waals surface area contributed by atoms with E-state index >= 15 is 0 Å². The number of aryl methyl sites for hydroxylation is 3. The van der Waals surface area contributed by atoms with E-state index in [4.69, 9.17) is 27.9 Å². The monoisotopic (exact) mass is 308 g/mol. The van der Waals surface area contributed by atoms with Gasteiger partial charge in [-0.3, -0.25) is 0 Å². The largest absolute Gasteiger partial charge is 0.496 e. The Kier molecular flexibility index (Phi) is 4.62. The van der Waals surface area contributed by atoms with Crippen LogP contribution in [-0.2, 0) is 0 Å². The highest BCUT2D eigenvalue weighted by molar-refractivity contribution is 6.33. The lowest BCUT2D eigenvalue weighted by Gasteiger charge is -2.16. The fraction of sp³-hybridized carbons (Fsp3) is 0.294. The molecule has 2 rings (SSSR count). The van der Waals surface area contributed by atoms with E-state index in [9.17, 15) is 0 Å². The van der Waals surface area contributed by atoms with Gasteiger partial charge in [-0.1, -0.05) is 35.9 Å². The lowest BCUT2D eigenvalue weighted by Crippen LogP contribution is -1.99. The second-order valence-corrected chi connectivity index (χ2v) is 5.92. The maximum Gasteiger partial charge on any atom is 0.124 e. The van der Waals surface area contributed by atoms with Crippen LogP contribution in [0.2, 0.25) is 5.02 Å². The molecule has 106 valence electrons. The van der Waals surface area contributed by atoms with Crippen molar-refractivity contribution in [3.63, 3.8) is 0 Å². The third kappa shape index (κ3) is 2.94. The van der Waals surface area contributed by atoms with Crippen molar-refractivity contribution in [2.75, 3.05) is 7.11 Å². The van der Waals surface area contributed by atoms with Crippen LogP contribution in [-0.4, -0.2) is 7.11 Å². The van der Waals surface area contributed by atoms with E-state index in [1.165, 1.54) is 0 Å². The van der Waals surface area contributed by atoms with Crippen LogP contribution in [0.25, 0.3) is 0 Å². The number of halogens is 2. The normalized spacial score (nSPS) is 12.3. The van der Waals surface area contributed by atoms with Crippen LogP contribution in [0.5, 0.6) is 5.75 Å². The van der Waals surface area contributed by atoms with Crippen molar-refractivity contribution in [3.05, 3.63) is 63.2 Å². The molecule has 0 aromatic heterocycles. The van der Waals surface area contributed by atoms with E-state index in [-0.39, 0.29) is 5.38 Å². The van der Waals surface area contributed by atoms with Gasteiger partial charge in [0.25, 0.3) is 0 Å². The average Bonchev–Trinajstić information content (AvgIpc) is 2.37. The van der Waals surface area contributed by atoms with Gasteiger partial charge in [-0.05, 0) is 54.7 Å². The van der Waals surface area contributed by atoms with Crippen LogP contribution in [0.4, 0.5) is 0 Å². The van der Waals surface area contributed by atoms with Crippen LogP contribution >= 0.6 is 23.2 Å². The fourth-order valence-electron chi connectivity index (χ4n) is 2.47. The van der Waals surface area contributed by atoms with Gasteiger partial charge in [-0.15, -0.1) is 11.6 Å². The van der Waals surface area contributed by atoms with Gasteiger partial charge in [-0.2, -0.15) is 0 Å². The van der Waals surface area contributed by atoms with Crippen molar-refractivity contribution in [1.82, 2.24) is 0 Å². The number of hydrogen-bond acceptors (Lipinski definition) is 1. The molecule has 3 heteroatoms. The molecule has 0 spiro atoms. The molecule has 0 aliphatic heterocycles. The zero-order valence-corrected chi connectivity index (χ0v) is 13.6. The topological polar surface area (TPSA) is 9.23 Å². The zero-order chi connectivity index (χ0) is 14.9. The van der Waals surface area contributed by atoms with Crippen molar-refractivity contribution < 1.29 is 4.74 Å². The fourth-order valence-corrected chi connectivity index (χ4v) is 3.19. The summed E-state index contributed by atoms with van der Waals surface area (Å²) in [7, 11) is 1.68. The summed E-state index contributed by atoms with van der Waals surface area (Å²) in [4.78, 5) is 0. The first-order valence-electron chi connectivity index (χ1n) is 6.49. The Morgan fingerprint density at radius 2 is 1.60 bits per heavy atom. The molecule has 2 aromatic rings. The highest BCUT2D eigenvalue weighted by atomic mass is 35.5. The molecule has 1 atom stereocenters. The smallest absolute Gasteiger partial charge is 0.124 e. The Bertz CT molecular complexity index is 612. The first-order valence-corrected chi connectivity index (χ1v) is 7.30. The molecule has 0 heterocycles. The van der Waals surface area contributed by atoms with Gasteiger partial charge in [0.1, 0.15) is 5.75 Å². The molecule has 0 saturated heterocycles. The number of methoxy groups -OCH3 is 1. The summed E-state index contributed by atoms with van der Waals surface area (Å²) in [6.07, 6.45) is 0. The van der Waals surface area contributed by atoms with Gasteiger partial charge < -0.3 is 4.74 Å². The Balaban J connectivity index is 2.45. The summed E-state index contributed by atoms with van der Waals surface area (Å²) < 4.78 is 5.39. The molecule has 0 bridgehead atoms. The summed E-state index contributed by atoms with van der Waals surface area (Å²) in [5.41, 5.74) is 5.26. The van der Waals surface area contributed by atoms with Crippen LogP contribution in [0.3, 0.4) is 0 Å². The quantitative estimate of drug-likeness (QED) is 0.670. The second kappa shape index (κ2) is 6.07. The third-order valence-corrected chi connectivity index (χ3v) is 4.22. The van der Waals surface area contributed by atoms with E-state index < -0.39 is 0 Å². The molecule has 0 amide bonds. The van der Waals surface area contributed by atoms with E-state index in [1.54, 1.807) is 7.11 Å². The molecular formula is C17H18Cl2O. The van der Waals surface area contributed by atoms with E-state index in [1.807, 2.05) is 39.0 Å². The van der Waals surface area contributed by atoms with Gasteiger partial charge in [-0.25, -0.2) is 0 Å². The van der Waals surface area contributed by atoms with Gasteiger partial charge in [0.15, 0.2) is 0 Å². The third-order valence-electron chi connectivity index (χ3n) is 3.41. The predicted molar refractivity (Wildman–Crippen MR) is 86.4 cm³/mol. The number of alkyl halides is 1. The molecule has 1 unspecified atom stereocenters. The summed E-state index contributed by atoms with van der Waals surface area (Å²) in [6, 6.07) is 10.1. The van der Waals surface area contributed by atoms with Crippen molar-refractivity contribution in [3.8, 4) is 5.75 Å². The Morgan fingerprint density at radius 3 is 2.10 bits per heavy atom. The standard InChI is InChI=1S/C17H18Cl2O/c1-10-5-6-14(15(18)7-10)16(19)13-8-11(2)17(20-4)12(3)9-13/h5-9,16H,1-4H3. The summed E-state index contributed by atoms with van der Waals surface area (Å²) >= 11 is 12.9. The van der Waals surface area contributed by atoms with Gasteiger partial charge in [0.2, 0.25) is 0 Å². The molecule has 0 N–H and O–H groups in total. The first-order chi connectivity index (χ1) is 9.43. The molecule has 1 nitrogen and oxygen atoms in total. The lowest BCUT2D eigenvalue weighted by atomic mass is 9.98. The van der Waals surface area contributed by atoms with Gasteiger partial charge in [0.05, 0.1) is 12.5 Å². The highest BCUT2D eigenvalue weighted by Gasteiger charge is 2.16.